The van der Waals surface area contributed by atoms with Gasteiger partial charge in [-0.1, -0.05) is 0 Å². The van der Waals surface area contributed by atoms with Gasteiger partial charge in [-0.3, -0.25) is 0 Å². The van der Waals surface area contributed by atoms with Crippen molar-refractivity contribution in [2.45, 2.75) is 58.9 Å². The molecule has 0 spiro atoms. The first kappa shape index (κ1) is 23.3. The van der Waals surface area contributed by atoms with Crippen molar-refractivity contribution in [3.05, 3.63) is 0 Å². The molecule has 0 aromatic carbocycles. The monoisotopic (exact) mass is 434 g/mol. The van der Waals surface area contributed by atoms with Gasteiger partial charge in [0.05, 0.1) is 0 Å². The molecule has 0 saturated carbocycles. The second kappa shape index (κ2) is 9.11. The lowest BCUT2D eigenvalue weighted by Crippen LogP contribution is -2.63. The molecule has 0 aliphatic rings. The van der Waals surface area contributed by atoms with E-state index in [1.54, 1.807) is 0 Å². The van der Waals surface area contributed by atoms with Crippen LogP contribution in [0, 0.1) is 0 Å². The Kier molecular flexibility index (Phi) is 9.64. The minimum atomic E-state index is -3.15. The Morgan fingerprint density at radius 3 is 1.27 bits per heavy atom. The van der Waals surface area contributed by atoms with Gasteiger partial charge in [-0.25, -0.2) is 0 Å². The van der Waals surface area contributed by atoms with Crippen LogP contribution in [-0.2, 0) is 24.7 Å². The zero-order valence-corrected chi connectivity index (χ0v) is 24.7. The third-order valence-corrected chi connectivity index (χ3v) is 16.3. The van der Waals surface area contributed by atoms with Crippen LogP contribution in [0.15, 0.2) is 0 Å². The molecule has 0 unspecified atom stereocenters. The van der Waals surface area contributed by atoms with E-state index in [0.29, 0.717) is 0 Å². The van der Waals surface area contributed by atoms with Crippen molar-refractivity contribution in [1.29, 1.82) is 0 Å². The zero-order chi connectivity index (χ0) is 17.7. The largest absolute Gasteiger partial charge is 0.638 e. The van der Waals surface area contributed by atoms with Crippen molar-refractivity contribution in [3.63, 3.8) is 0 Å². The van der Waals surface area contributed by atoms with E-state index in [4.69, 9.17) is 24.7 Å². The van der Waals surface area contributed by atoms with Gasteiger partial charge < -0.3 is 24.7 Å². The molecule has 134 valence electrons. The maximum Gasteiger partial charge on any atom is 0.638 e. The average molecular weight is 435 g/mol. The Morgan fingerprint density at radius 2 is 1.00 bits per heavy atom. The zero-order valence-electron chi connectivity index (χ0n) is 15.9. The Labute approximate surface area is 148 Å². The molecule has 0 atom stereocenters. The number of rotatable bonds is 11. The number of hydrogen-bond acceptors (Lipinski definition) is 6. The fraction of sp³-hybridized carbons (Fsp3) is 1.00. The van der Waals surface area contributed by atoms with E-state index in [9.17, 15) is 0 Å². The van der Waals surface area contributed by atoms with Crippen LogP contribution in [0.2, 0.25) is 58.9 Å². The highest BCUT2D eigenvalue weighted by molar-refractivity contribution is 6.88. The number of hydrogen-bond donors (Lipinski definition) is 0. The molecule has 0 aliphatic heterocycles. The lowest BCUT2D eigenvalue weighted by Gasteiger charge is -2.41. The summed E-state index contributed by atoms with van der Waals surface area (Å²) in [6, 6.07) is 0. The molecule has 0 saturated heterocycles. The molecule has 0 rings (SSSR count). The molecule has 6 nitrogen and oxygen atoms in total. The highest BCUT2D eigenvalue weighted by atomic mass is 28.5. The van der Waals surface area contributed by atoms with Crippen LogP contribution < -0.4 is 0 Å². The minimum Gasteiger partial charge on any atom is -0.449 e. The van der Waals surface area contributed by atoms with Gasteiger partial charge in [-0.2, -0.15) is 0 Å². The molecule has 0 N–H and O–H groups in total. The maximum atomic E-state index is 6.38. The van der Waals surface area contributed by atoms with Crippen LogP contribution in [0.1, 0.15) is 0 Å². The quantitative estimate of drug-likeness (QED) is 0.344. The Hall–Kier alpha value is 1.28. The van der Waals surface area contributed by atoms with Crippen molar-refractivity contribution in [3.8, 4) is 0 Å². The predicted octanol–water partition coefficient (Wildman–Crippen LogP) is 0.304. The van der Waals surface area contributed by atoms with Gasteiger partial charge in [-0.05, 0) is 58.9 Å². The topological polar surface area (TPSA) is 55.4 Å². The highest BCUT2D eigenvalue weighted by Gasteiger charge is 2.53. The Morgan fingerprint density at radius 1 is 0.636 bits per heavy atom. The second-order valence-corrected chi connectivity index (χ2v) is 29.7. The van der Waals surface area contributed by atoms with Crippen LogP contribution in [0.3, 0.4) is 0 Å². The molecule has 0 amide bonds. The lowest BCUT2D eigenvalue weighted by atomic mass is 11.8. The summed E-state index contributed by atoms with van der Waals surface area (Å²) in [6.07, 6.45) is 0. The third kappa shape index (κ3) is 12.7. The van der Waals surface area contributed by atoms with Gasteiger partial charge in [0, 0.05) is 0 Å². The summed E-state index contributed by atoms with van der Waals surface area (Å²) in [6.45, 7) is 19.2. The van der Waals surface area contributed by atoms with Crippen molar-refractivity contribution >= 4 is 64.5 Å². The molecule has 0 heterocycles. The van der Waals surface area contributed by atoms with E-state index in [2.05, 4.69) is 58.9 Å². The molecule has 22 heavy (non-hydrogen) atoms. The summed E-state index contributed by atoms with van der Waals surface area (Å²) in [4.78, 5) is 0. The van der Waals surface area contributed by atoms with Gasteiger partial charge in [0.2, 0.25) is 0 Å². The van der Waals surface area contributed by atoms with E-state index in [0.717, 1.165) is 10.5 Å². The molecule has 0 bridgehead atoms. The summed E-state index contributed by atoms with van der Waals surface area (Å²) in [5.74, 6) is 0. The van der Waals surface area contributed by atoms with Crippen molar-refractivity contribution < 1.29 is 24.7 Å². The van der Waals surface area contributed by atoms with Crippen LogP contribution in [0.5, 0.6) is 0 Å². The maximum absolute atomic E-state index is 6.38. The van der Waals surface area contributed by atoms with Gasteiger partial charge >= 0.3 is 9.05 Å². The third-order valence-electron chi connectivity index (χ3n) is 1.81. The van der Waals surface area contributed by atoms with Crippen molar-refractivity contribution in [2.75, 3.05) is 0 Å². The van der Waals surface area contributed by atoms with E-state index in [1.807, 2.05) is 0 Å². The van der Waals surface area contributed by atoms with Crippen LogP contribution in [0.4, 0.5) is 0 Å². The normalized spacial score (nSPS) is 15.7. The fourth-order valence-corrected chi connectivity index (χ4v) is 18.5. The predicted molar refractivity (Wildman–Crippen MR) is 109 cm³/mol. The molecule has 0 aromatic rings. The van der Waals surface area contributed by atoms with Gasteiger partial charge in [-0.15, -0.1) is 0 Å². The van der Waals surface area contributed by atoms with Gasteiger partial charge in [0.15, 0.2) is 25.0 Å². The van der Waals surface area contributed by atoms with Crippen LogP contribution in [-0.4, -0.2) is 64.5 Å². The average Bonchev–Trinajstić information content (AvgIpc) is 2.16. The molecule has 0 fully saturated rings. The molecule has 13 heteroatoms. The standard InChI is InChI=1S/C9H34O6Si7/c1-19(2,3)13-22(14-20(4,5)6,15-21(7,8)9)12-18-11-17-10-16/h17-18H2,1-9,16H3. The summed E-state index contributed by atoms with van der Waals surface area (Å²) in [5.41, 5.74) is 0. The van der Waals surface area contributed by atoms with Crippen molar-refractivity contribution in [1.82, 2.24) is 0 Å². The fourth-order valence-electron chi connectivity index (χ4n) is 1.51. The molecule has 0 aromatic heterocycles. The van der Waals surface area contributed by atoms with Gasteiger partial charge in [0.25, 0.3) is 20.0 Å². The van der Waals surface area contributed by atoms with E-state index < -0.39 is 54.0 Å². The first-order valence-electron chi connectivity index (χ1n) is 7.49. The van der Waals surface area contributed by atoms with E-state index in [1.165, 1.54) is 0 Å². The highest BCUT2D eigenvalue weighted by Crippen LogP contribution is 2.26. The summed E-state index contributed by atoms with van der Waals surface area (Å²) < 4.78 is 36.0. The lowest BCUT2D eigenvalue weighted by molar-refractivity contribution is 0.147. The van der Waals surface area contributed by atoms with Crippen LogP contribution in [0.25, 0.3) is 0 Å². The summed E-state index contributed by atoms with van der Waals surface area (Å²) in [5, 5.41) is 0. The van der Waals surface area contributed by atoms with Gasteiger partial charge in [0.1, 0.15) is 10.5 Å². The first-order chi connectivity index (χ1) is 9.68. The second-order valence-electron chi connectivity index (χ2n) is 8.02. The molecular formula is C9H34O6Si7. The molecular weight excluding hydrogens is 401 g/mol. The Balaban J connectivity index is 5.30. The smallest absolute Gasteiger partial charge is 0.449 e. The van der Waals surface area contributed by atoms with E-state index >= 15 is 0 Å². The SMILES string of the molecule is C[Si](C)(C)O[Si](O[SiH2]O[SiH2]O[SiH3])(O[Si](C)(C)C)O[Si](C)(C)C. The minimum absolute atomic E-state index is 0.717. The molecule has 0 aliphatic carbocycles. The van der Waals surface area contributed by atoms with Crippen molar-refractivity contribution in [2.24, 2.45) is 0 Å². The summed E-state index contributed by atoms with van der Waals surface area (Å²) in [7, 11) is -10.1. The van der Waals surface area contributed by atoms with E-state index in [-0.39, 0.29) is 0 Å². The Bertz CT molecular complexity index is 283. The molecule has 0 radical (unpaired) electrons. The summed E-state index contributed by atoms with van der Waals surface area (Å²) >= 11 is 0. The first-order valence-corrected chi connectivity index (χ1v) is 22.5. The van der Waals surface area contributed by atoms with Crippen LogP contribution >= 0.6 is 0 Å².